The van der Waals surface area contributed by atoms with Gasteiger partial charge in [0.05, 0.1) is 12.3 Å². The smallest absolute Gasteiger partial charge is 0.123 e. The minimum atomic E-state index is -0.342. The second-order valence-corrected chi connectivity index (χ2v) is 6.11. The molecule has 0 spiro atoms. The summed E-state index contributed by atoms with van der Waals surface area (Å²) in [5, 5.41) is 1.01. The van der Waals surface area contributed by atoms with Crippen molar-refractivity contribution in [2.75, 3.05) is 6.61 Å². The van der Waals surface area contributed by atoms with Gasteiger partial charge in [0, 0.05) is 16.0 Å². The zero-order valence-electron chi connectivity index (χ0n) is 11.9. The molecule has 4 heteroatoms. The molecule has 0 bridgehead atoms. The zero-order valence-corrected chi connectivity index (χ0v) is 12.7. The molecule has 1 aromatic carbocycles. The molecule has 0 radical (unpaired) electrons. The lowest BCUT2D eigenvalue weighted by Crippen LogP contribution is -2.28. The Morgan fingerprint density at radius 2 is 1.89 bits per heavy atom. The maximum Gasteiger partial charge on any atom is 0.123 e. The number of aromatic nitrogens is 1. The van der Waals surface area contributed by atoms with Gasteiger partial charge in [0.2, 0.25) is 0 Å². The highest BCUT2D eigenvalue weighted by Crippen LogP contribution is 2.33. The van der Waals surface area contributed by atoms with Gasteiger partial charge in [-0.05, 0) is 52.0 Å². The summed E-state index contributed by atoms with van der Waals surface area (Å²) < 4.78 is 5.44. The Bertz CT molecular complexity index is 553. The number of hydrogen-bond donors (Lipinski definition) is 1. The second-order valence-electron chi connectivity index (χ2n) is 5.11. The van der Waals surface area contributed by atoms with Crippen LogP contribution in [0.4, 0.5) is 0 Å². The molecule has 1 heterocycles. The van der Waals surface area contributed by atoms with Crippen LogP contribution in [0.3, 0.4) is 0 Å². The third-order valence-corrected chi connectivity index (χ3v) is 4.34. The van der Waals surface area contributed by atoms with E-state index in [2.05, 4.69) is 4.98 Å². The molecule has 0 saturated heterocycles. The van der Waals surface area contributed by atoms with E-state index in [1.165, 1.54) is 0 Å². The Kier molecular flexibility index (Phi) is 3.92. The highest BCUT2D eigenvalue weighted by Gasteiger charge is 2.21. The second kappa shape index (κ2) is 5.31. The fourth-order valence-electron chi connectivity index (χ4n) is 1.98. The summed E-state index contributed by atoms with van der Waals surface area (Å²) in [5.41, 5.74) is 7.94. The zero-order chi connectivity index (χ0) is 14.0. The Balaban J connectivity index is 2.32. The van der Waals surface area contributed by atoms with Crippen LogP contribution in [0, 0.1) is 6.92 Å². The monoisotopic (exact) mass is 276 g/mol. The molecule has 3 nitrogen and oxygen atoms in total. The molecule has 0 amide bonds. The summed E-state index contributed by atoms with van der Waals surface area (Å²) in [6.45, 7) is 8.69. The van der Waals surface area contributed by atoms with Crippen molar-refractivity contribution in [2.24, 2.45) is 5.73 Å². The standard InChI is InChI=1S/C15H20N2OS/c1-5-18-12-8-6-11(7-9-12)14-17-10(2)13(19-14)15(3,4)16/h6-9H,5,16H2,1-4H3. The van der Waals surface area contributed by atoms with E-state index in [0.29, 0.717) is 6.61 Å². The van der Waals surface area contributed by atoms with E-state index in [0.717, 1.165) is 26.9 Å². The quantitative estimate of drug-likeness (QED) is 0.926. The van der Waals surface area contributed by atoms with E-state index < -0.39 is 0 Å². The van der Waals surface area contributed by atoms with Crippen molar-refractivity contribution < 1.29 is 4.74 Å². The van der Waals surface area contributed by atoms with Gasteiger partial charge in [0.25, 0.3) is 0 Å². The van der Waals surface area contributed by atoms with Crippen LogP contribution in [-0.2, 0) is 5.54 Å². The lowest BCUT2D eigenvalue weighted by molar-refractivity contribution is 0.340. The molecule has 102 valence electrons. The van der Waals surface area contributed by atoms with Gasteiger partial charge in [-0.25, -0.2) is 4.98 Å². The van der Waals surface area contributed by atoms with E-state index in [9.17, 15) is 0 Å². The van der Waals surface area contributed by atoms with Gasteiger partial charge < -0.3 is 10.5 Å². The topological polar surface area (TPSA) is 48.1 Å². The molecule has 0 fully saturated rings. The van der Waals surface area contributed by atoms with Crippen molar-refractivity contribution >= 4 is 11.3 Å². The van der Waals surface area contributed by atoms with Crippen molar-refractivity contribution in [1.29, 1.82) is 0 Å². The van der Waals surface area contributed by atoms with E-state index >= 15 is 0 Å². The molecular weight excluding hydrogens is 256 g/mol. The normalized spacial score (nSPS) is 11.6. The van der Waals surface area contributed by atoms with Gasteiger partial charge in [-0.3, -0.25) is 0 Å². The summed E-state index contributed by atoms with van der Waals surface area (Å²) in [7, 11) is 0. The number of nitrogens with zero attached hydrogens (tertiary/aromatic N) is 1. The van der Waals surface area contributed by atoms with Gasteiger partial charge in [-0.1, -0.05) is 0 Å². The Labute approximate surface area is 118 Å². The van der Waals surface area contributed by atoms with Crippen molar-refractivity contribution in [3.05, 3.63) is 34.8 Å². The number of benzene rings is 1. The van der Waals surface area contributed by atoms with E-state index in [1.807, 2.05) is 52.0 Å². The predicted molar refractivity (Wildman–Crippen MR) is 80.7 cm³/mol. The minimum absolute atomic E-state index is 0.342. The number of thiazole rings is 1. The molecule has 0 aliphatic rings. The summed E-state index contributed by atoms with van der Waals surface area (Å²) in [6.07, 6.45) is 0. The molecule has 0 aliphatic heterocycles. The van der Waals surface area contributed by atoms with Crippen LogP contribution in [0.15, 0.2) is 24.3 Å². The first kappa shape index (κ1) is 14.0. The molecule has 0 saturated carbocycles. The molecule has 0 aliphatic carbocycles. The maximum atomic E-state index is 6.16. The highest BCUT2D eigenvalue weighted by molar-refractivity contribution is 7.15. The largest absolute Gasteiger partial charge is 0.494 e. The molecule has 2 rings (SSSR count). The first-order valence-corrected chi connectivity index (χ1v) is 7.23. The van der Waals surface area contributed by atoms with Crippen LogP contribution in [0.2, 0.25) is 0 Å². The number of rotatable bonds is 4. The minimum Gasteiger partial charge on any atom is -0.494 e. The summed E-state index contributed by atoms with van der Waals surface area (Å²) in [4.78, 5) is 5.76. The lowest BCUT2D eigenvalue weighted by Gasteiger charge is -2.16. The van der Waals surface area contributed by atoms with Gasteiger partial charge >= 0.3 is 0 Å². The first-order chi connectivity index (χ1) is 8.91. The third kappa shape index (κ3) is 3.14. The molecule has 2 aromatic rings. The summed E-state index contributed by atoms with van der Waals surface area (Å²) >= 11 is 1.66. The number of aryl methyl sites for hydroxylation is 1. The van der Waals surface area contributed by atoms with Crippen molar-refractivity contribution in [3.63, 3.8) is 0 Å². The van der Waals surface area contributed by atoms with E-state index in [4.69, 9.17) is 10.5 Å². The fourth-order valence-corrected chi connectivity index (χ4v) is 3.06. The molecule has 19 heavy (non-hydrogen) atoms. The van der Waals surface area contributed by atoms with Crippen molar-refractivity contribution in [2.45, 2.75) is 33.2 Å². The number of hydrogen-bond acceptors (Lipinski definition) is 4. The average Bonchev–Trinajstić information content (AvgIpc) is 2.72. The first-order valence-electron chi connectivity index (χ1n) is 6.42. The van der Waals surface area contributed by atoms with Gasteiger partial charge in [0.15, 0.2) is 0 Å². The van der Waals surface area contributed by atoms with Crippen LogP contribution in [0.25, 0.3) is 10.6 Å². The van der Waals surface area contributed by atoms with E-state index in [1.54, 1.807) is 11.3 Å². The molecule has 0 atom stereocenters. The molecule has 0 unspecified atom stereocenters. The van der Waals surface area contributed by atoms with Crippen LogP contribution in [0.1, 0.15) is 31.3 Å². The van der Waals surface area contributed by atoms with Crippen molar-refractivity contribution in [3.8, 4) is 16.3 Å². The van der Waals surface area contributed by atoms with Crippen LogP contribution >= 0.6 is 11.3 Å². The van der Waals surface area contributed by atoms with Gasteiger partial charge in [0.1, 0.15) is 10.8 Å². The SMILES string of the molecule is CCOc1ccc(-c2nc(C)c(C(C)(C)N)s2)cc1. The molecular formula is C15H20N2OS. The highest BCUT2D eigenvalue weighted by atomic mass is 32.1. The predicted octanol–water partition coefficient (Wildman–Crippen LogP) is 3.71. The van der Waals surface area contributed by atoms with E-state index in [-0.39, 0.29) is 5.54 Å². The average molecular weight is 276 g/mol. The van der Waals surface area contributed by atoms with Gasteiger partial charge in [-0.15, -0.1) is 11.3 Å². The Hall–Kier alpha value is -1.39. The van der Waals surface area contributed by atoms with Crippen LogP contribution < -0.4 is 10.5 Å². The lowest BCUT2D eigenvalue weighted by atomic mass is 10.0. The Morgan fingerprint density at radius 1 is 1.26 bits per heavy atom. The molecule has 1 aromatic heterocycles. The Morgan fingerprint density at radius 3 is 2.37 bits per heavy atom. The van der Waals surface area contributed by atoms with Crippen LogP contribution in [0.5, 0.6) is 5.75 Å². The van der Waals surface area contributed by atoms with Crippen molar-refractivity contribution in [1.82, 2.24) is 4.98 Å². The van der Waals surface area contributed by atoms with Gasteiger partial charge in [-0.2, -0.15) is 0 Å². The fraction of sp³-hybridized carbons (Fsp3) is 0.400. The number of ether oxygens (including phenoxy) is 1. The summed E-state index contributed by atoms with van der Waals surface area (Å²) in [5.74, 6) is 0.888. The number of nitrogens with two attached hydrogens (primary N) is 1. The molecule has 2 N–H and O–H groups in total. The summed E-state index contributed by atoms with van der Waals surface area (Å²) in [6, 6.07) is 8.03. The maximum absolute atomic E-state index is 6.16. The third-order valence-electron chi connectivity index (χ3n) is 2.79. The van der Waals surface area contributed by atoms with Crippen LogP contribution in [-0.4, -0.2) is 11.6 Å².